The van der Waals surface area contributed by atoms with Gasteiger partial charge in [-0.15, -0.1) is 0 Å². The molecule has 0 N–H and O–H groups in total. The van der Waals surface area contributed by atoms with E-state index in [2.05, 4.69) is 76.4 Å². The van der Waals surface area contributed by atoms with E-state index in [1.54, 1.807) is 21.3 Å². The molecule has 150 valence electrons. The van der Waals surface area contributed by atoms with Gasteiger partial charge in [0, 0.05) is 39.6 Å². The fourth-order valence-electron chi connectivity index (χ4n) is 4.89. The molecule has 1 aromatic carbocycles. The fourth-order valence-corrected chi connectivity index (χ4v) is 13.7. The Hall–Kier alpha value is -0.666. The second-order valence-electron chi connectivity index (χ2n) is 7.88. The first-order valence-electron chi connectivity index (χ1n) is 9.69. The van der Waals surface area contributed by atoms with Crippen molar-refractivity contribution in [3.05, 3.63) is 30.3 Å². The lowest BCUT2D eigenvalue weighted by Gasteiger charge is -2.52. The summed E-state index contributed by atoms with van der Waals surface area (Å²) in [6.07, 6.45) is 0. The maximum Gasteiger partial charge on any atom is 0.501 e. The van der Waals surface area contributed by atoms with E-state index in [0.29, 0.717) is 16.6 Å². The summed E-state index contributed by atoms with van der Waals surface area (Å²) in [5, 5.41) is 0. The molecule has 0 aromatic heterocycles. The molecule has 0 saturated heterocycles. The van der Waals surface area contributed by atoms with Crippen LogP contribution in [0.5, 0.6) is 0 Å². The Kier molecular flexibility index (Phi) is 9.02. The highest BCUT2D eigenvalue weighted by Gasteiger charge is 2.50. The van der Waals surface area contributed by atoms with E-state index in [4.69, 9.17) is 13.3 Å². The number of para-hydroxylation sites is 1. The van der Waals surface area contributed by atoms with Crippen LogP contribution in [-0.2, 0) is 13.3 Å². The Morgan fingerprint density at radius 3 is 1.54 bits per heavy atom. The maximum atomic E-state index is 5.70. The number of anilines is 1. The van der Waals surface area contributed by atoms with Crippen molar-refractivity contribution in [2.75, 3.05) is 32.4 Å². The van der Waals surface area contributed by atoms with Gasteiger partial charge < -0.3 is 17.8 Å². The summed E-state index contributed by atoms with van der Waals surface area (Å²) in [5.74, 6) is 0. The molecule has 0 radical (unpaired) electrons. The van der Waals surface area contributed by atoms with Crippen LogP contribution in [0.25, 0.3) is 0 Å². The van der Waals surface area contributed by atoms with Gasteiger partial charge in [-0.05, 0) is 28.8 Å². The second-order valence-corrected chi connectivity index (χ2v) is 16.8. The summed E-state index contributed by atoms with van der Waals surface area (Å²) in [5.41, 5.74) is 3.20. The number of benzene rings is 1. The minimum absolute atomic E-state index is 0.631. The smallest absolute Gasteiger partial charge is 0.397 e. The monoisotopic (exact) mass is 397 g/mol. The molecule has 0 aliphatic heterocycles. The number of hydrogen-bond acceptors (Lipinski definition) is 4. The van der Waals surface area contributed by atoms with Crippen molar-refractivity contribution in [1.29, 1.82) is 0 Å². The van der Waals surface area contributed by atoms with Crippen molar-refractivity contribution in [2.24, 2.45) is 0 Å². The van der Waals surface area contributed by atoms with Crippen LogP contribution in [0.1, 0.15) is 41.5 Å². The van der Waals surface area contributed by atoms with Crippen molar-refractivity contribution in [2.45, 2.75) is 64.2 Å². The van der Waals surface area contributed by atoms with Crippen LogP contribution in [0.4, 0.5) is 5.69 Å². The lowest BCUT2D eigenvalue weighted by atomic mass is 10.3. The van der Waals surface area contributed by atoms with Crippen LogP contribution in [0, 0.1) is 0 Å². The quantitative estimate of drug-likeness (QED) is 0.458. The molecule has 0 aliphatic rings. The molecular weight excluding hydrogens is 358 g/mol. The minimum atomic E-state index is -2.62. The van der Waals surface area contributed by atoms with Gasteiger partial charge in [-0.2, -0.15) is 0 Å². The standard InChI is InChI=1S/C20H39NO3Si2/c1-17(2)26(18(3)4,19(5)6)21(20-13-11-10-12-14-20)15-16-25(22-7,23-8)24-9/h10-14,17-19H,15-16H2,1-9H3. The summed E-state index contributed by atoms with van der Waals surface area (Å²) in [4.78, 5) is 0. The molecule has 0 heterocycles. The molecule has 6 heteroatoms. The van der Waals surface area contributed by atoms with Crippen LogP contribution in [0.15, 0.2) is 30.3 Å². The zero-order valence-corrected chi connectivity index (χ0v) is 20.2. The number of rotatable bonds is 11. The first-order chi connectivity index (χ1) is 12.2. The molecule has 0 fully saturated rings. The van der Waals surface area contributed by atoms with E-state index >= 15 is 0 Å². The first-order valence-corrected chi connectivity index (χ1v) is 13.8. The highest BCUT2D eigenvalue weighted by atomic mass is 28.4. The molecule has 0 atom stereocenters. The second kappa shape index (κ2) is 10.0. The molecule has 0 aliphatic carbocycles. The topological polar surface area (TPSA) is 30.9 Å². The molecule has 1 rings (SSSR count). The molecule has 0 amide bonds. The van der Waals surface area contributed by atoms with Crippen molar-refractivity contribution in [3.63, 3.8) is 0 Å². The zero-order valence-electron chi connectivity index (χ0n) is 18.2. The van der Waals surface area contributed by atoms with Crippen LogP contribution < -0.4 is 4.57 Å². The van der Waals surface area contributed by atoms with Crippen LogP contribution in [0.3, 0.4) is 0 Å². The van der Waals surface area contributed by atoms with Crippen molar-refractivity contribution >= 4 is 22.7 Å². The lowest BCUT2D eigenvalue weighted by molar-refractivity contribution is 0.124. The number of nitrogens with zero attached hydrogens (tertiary/aromatic N) is 1. The molecule has 0 saturated carbocycles. The highest BCUT2D eigenvalue weighted by molar-refractivity contribution is 6.86. The summed E-state index contributed by atoms with van der Waals surface area (Å²) in [7, 11) is 0.633. The molecule has 26 heavy (non-hydrogen) atoms. The summed E-state index contributed by atoms with van der Waals surface area (Å²) in [6.45, 7) is 15.3. The van der Waals surface area contributed by atoms with Gasteiger partial charge in [-0.25, -0.2) is 0 Å². The predicted molar refractivity (Wildman–Crippen MR) is 116 cm³/mol. The SMILES string of the molecule is CO[Si](CCN(c1ccccc1)[Si](C(C)C)(C(C)C)C(C)C)(OC)OC. The average molecular weight is 398 g/mol. The summed E-state index contributed by atoms with van der Waals surface area (Å²) in [6, 6.07) is 11.6. The summed E-state index contributed by atoms with van der Waals surface area (Å²) < 4.78 is 19.8. The molecule has 4 nitrogen and oxygen atoms in total. The van der Waals surface area contributed by atoms with Gasteiger partial charge in [0.25, 0.3) is 0 Å². The third-order valence-corrected chi connectivity index (χ3v) is 15.6. The largest absolute Gasteiger partial charge is 0.501 e. The predicted octanol–water partition coefficient (Wildman–Crippen LogP) is 5.55. The van der Waals surface area contributed by atoms with E-state index in [-0.39, 0.29) is 0 Å². The van der Waals surface area contributed by atoms with E-state index in [1.807, 2.05) is 0 Å². The van der Waals surface area contributed by atoms with Crippen LogP contribution in [0.2, 0.25) is 22.7 Å². The normalized spacial score (nSPS) is 13.1. The Labute approximate surface area is 163 Å². The van der Waals surface area contributed by atoms with Crippen LogP contribution >= 0.6 is 0 Å². The lowest BCUT2D eigenvalue weighted by Crippen LogP contribution is -2.62. The first kappa shape index (κ1) is 23.4. The molecular formula is C20H39NO3Si2. The third-order valence-electron chi connectivity index (χ3n) is 5.88. The zero-order chi connectivity index (χ0) is 20.0. The van der Waals surface area contributed by atoms with Gasteiger partial charge in [0.05, 0.1) is 0 Å². The van der Waals surface area contributed by atoms with E-state index in [9.17, 15) is 0 Å². The number of hydrogen-bond donors (Lipinski definition) is 0. The molecule has 1 aromatic rings. The van der Waals surface area contributed by atoms with Gasteiger partial charge in [-0.1, -0.05) is 59.7 Å². The molecule has 0 spiro atoms. The molecule has 0 unspecified atom stereocenters. The fraction of sp³-hybridized carbons (Fsp3) is 0.700. The Morgan fingerprint density at radius 2 is 1.19 bits per heavy atom. The molecule has 0 bridgehead atoms. The van der Waals surface area contributed by atoms with Crippen LogP contribution in [-0.4, -0.2) is 44.9 Å². The van der Waals surface area contributed by atoms with Gasteiger partial charge in [0.15, 0.2) is 8.24 Å². The third kappa shape index (κ3) is 4.59. The van der Waals surface area contributed by atoms with Crippen molar-refractivity contribution in [1.82, 2.24) is 0 Å². The van der Waals surface area contributed by atoms with E-state index in [0.717, 1.165) is 12.6 Å². The van der Waals surface area contributed by atoms with Crippen molar-refractivity contribution in [3.8, 4) is 0 Å². The van der Waals surface area contributed by atoms with Gasteiger partial charge in [-0.3, -0.25) is 0 Å². The highest BCUT2D eigenvalue weighted by Crippen LogP contribution is 2.46. The van der Waals surface area contributed by atoms with E-state index in [1.165, 1.54) is 5.69 Å². The Balaban J connectivity index is 3.41. The Bertz CT molecular complexity index is 489. The van der Waals surface area contributed by atoms with Crippen molar-refractivity contribution < 1.29 is 13.3 Å². The minimum Gasteiger partial charge on any atom is -0.397 e. The maximum absolute atomic E-state index is 5.70. The van der Waals surface area contributed by atoms with Gasteiger partial charge in [0.2, 0.25) is 0 Å². The average Bonchev–Trinajstić information content (AvgIpc) is 2.62. The van der Waals surface area contributed by atoms with Gasteiger partial charge >= 0.3 is 8.80 Å². The Morgan fingerprint density at radius 1 is 0.769 bits per heavy atom. The summed E-state index contributed by atoms with van der Waals surface area (Å²) >= 11 is 0. The van der Waals surface area contributed by atoms with E-state index < -0.39 is 17.0 Å². The van der Waals surface area contributed by atoms with Gasteiger partial charge in [0.1, 0.15) is 0 Å².